The maximum atomic E-state index is 12.1. The number of nitro groups is 1. The highest BCUT2D eigenvalue weighted by atomic mass is 16.7. The van der Waals surface area contributed by atoms with Gasteiger partial charge in [0.25, 0.3) is 11.6 Å². The van der Waals surface area contributed by atoms with E-state index in [1.165, 1.54) is 45.0 Å². The van der Waals surface area contributed by atoms with Crippen molar-refractivity contribution in [2.45, 2.75) is 52.2 Å². The molecule has 0 saturated carbocycles. The van der Waals surface area contributed by atoms with Crippen LogP contribution in [0.2, 0.25) is 0 Å². The van der Waals surface area contributed by atoms with Gasteiger partial charge in [-0.2, -0.15) is 0 Å². The predicted molar refractivity (Wildman–Crippen MR) is 141 cm³/mol. The van der Waals surface area contributed by atoms with Crippen LogP contribution in [0.25, 0.3) is 0 Å². The molecule has 15 heteroatoms. The third kappa shape index (κ3) is 11.8. The summed E-state index contributed by atoms with van der Waals surface area (Å²) in [5.74, 6) is -2.18. The Bertz CT molecular complexity index is 1030. The van der Waals surface area contributed by atoms with Crippen molar-refractivity contribution in [3.8, 4) is 0 Å². The summed E-state index contributed by atoms with van der Waals surface area (Å²) < 4.78 is 33.2. The summed E-state index contributed by atoms with van der Waals surface area (Å²) in [6, 6.07) is 4.62. The quantitative estimate of drug-likeness (QED) is 0.120. The average Bonchev–Trinajstić information content (AvgIpc) is 2.91. The van der Waals surface area contributed by atoms with Crippen LogP contribution in [0.1, 0.15) is 38.1 Å². The lowest BCUT2D eigenvalue weighted by Gasteiger charge is -2.44. The lowest BCUT2D eigenvalue weighted by molar-refractivity contribution is -0.384. The summed E-state index contributed by atoms with van der Waals surface area (Å²) in [6.07, 6.45) is -2.50. The molecule has 1 aromatic rings. The third-order valence-electron chi connectivity index (χ3n) is 5.93. The fraction of sp³-hybridized carbons (Fsp3) is 0.615. The van der Waals surface area contributed by atoms with Gasteiger partial charge in [-0.05, 0) is 12.1 Å². The lowest BCUT2D eigenvalue weighted by Crippen LogP contribution is -2.62. The molecule has 1 aliphatic rings. The Labute approximate surface area is 237 Å². The van der Waals surface area contributed by atoms with E-state index >= 15 is 0 Å². The summed E-state index contributed by atoms with van der Waals surface area (Å²) in [7, 11) is 0. The van der Waals surface area contributed by atoms with Gasteiger partial charge in [0.1, 0.15) is 18.8 Å². The molecule has 1 aliphatic heterocycles. The van der Waals surface area contributed by atoms with Crippen LogP contribution in [0.4, 0.5) is 5.69 Å². The van der Waals surface area contributed by atoms with Crippen LogP contribution < -0.4 is 10.6 Å². The Balaban J connectivity index is 1.71. The number of nitrogens with zero attached hydrogens (tertiary/aromatic N) is 1. The summed E-state index contributed by atoms with van der Waals surface area (Å²) in [5, 5.41) is 16.1. The van der Waals surface area contributed by atoms with Gasteiger partial charge in [0.05, 0.1) is 44.0 Å². The highest BCUT2D eigenvalue weighted by Gasteiger charge is 2.47. The van der Waals surface area contributed by atoms with Crippen LogP contribution in [0, 0.1) is 16.0 Å². The van der Waals surface area contributed by atoms with Crippen LogP contribution in [0.5, 0.6) is 0 Å². The molecule has 1 aromatic carbocycles. The predicted octanol–water partition coefficient (Wildman–Crippen LogP) is 0.735. The van der Waals surface area contributed by atoms with Gasteiger partial charge in [-0.25, -0.2) is 0 Å². The van der Waals surface area contributed by atoms with Crippen LogP contribution in [-0.4, -0.2) is 99.4 Å². The first-order chi connectivity index (χ1) is 19.5. The number of rotatable bonds is 16. The Morgan fingerprint density at radius 1 is 0.951 bits per heavy atom. The molecule has 0 bridgehead atoms. The zero-order valence-corrected chi connectivity index (χ0v) is 23.5. The second-order valence-corrected chi connectivity index (χ2v) is 9.16. The molecule has 1 heterocycles. The van der Waals surface area contributed by atoms with Gasteiger partial charge in [-0.3, -0.25) is 29.3 Å². The van der Waals surface area contributed by atoms with E-state index in [9.17, 15) is 29.3 Å². The van der Waals surface area contributed by atoms with Crippen molar-refractivity contribution in [3.05, 3.63) is 39.9 Å². The van der Waals surface area contributed by atoms with Crippen molar-refractivity contribution in [2.24, 2.45) is 5.92 Å². The monoisotopic (exact) mass is 583 g/mol. The Hall–Kier alpha value is -3.66. The molecule has 2 amide bonds. The minimum absolute atomic E-state index is 0.0972. The molecule has 0 aromatic heterocycles. The van der Waals surface area contributed by atoms with Gasteiger partial charge in [0, 0.05) is 50.9 Å². The number of nitrogens with one attached hydrogen (secondary N) is 2. The maximum Gasteiger partial charge on any atom is 0.303 e. The third-order valence-corrected chi connectivity index (χ3v) is 5.93. The van der Waals surface area contributed by atoms with Gasteiger partial charge in [-0.15, -0.1) is 0 Å². The number of non-ortho nitro benzene ring substituents is 1. The summed E-state index contributed by atoms with van der Waals surface area (Å²) >= 11 is 0. The van der Waals surface area contributed by atoms with E-state index in [0.29, 0.717) is 5.56 Å². The standard InChI is InChI=1S/C26H37N3O12/c1-16-23(28-17(2)30)26(41-22(15-39-18(3)31)24(16)40-19(4)32)38-14-13-37-12-11-36-10-9-27-25(33)20-5-7-21(8-6-20)29(34)35/h5-8,16,22-24,26H,9-15H2,1-4H3,(H,27,33)(H,28,30)/t16-,22?,23?,24-,26-/m1/s1. The normalized spacial score (nSPS) is 21.9. The molecule has 0 radical (unpaired) electrons. The van der Waals surface area contributed by atoms with Crippen LogP contribution in [0.3, 0.4) is 0 Å². The number of amides is 2. The van der Waals surface area contributed by atoms with Gasteiger partial charge in [-0.1, -0.05) is 6.92 Å². The Morgan fingerprint density at radius 2 is 1.59 bits per heavy atom. The van der Waals surface area contributed by atoms with Crippen molar-refractivity contribution in [3.63, 3.8) is 0 Å². The van der Waals surface area contributed by atoms with Gasteiger partial charge >= 0.3 is 11.9 Å². The summed E-state index contributed by atoms with van der Waals surface area (Å²) in [6.45, 7) is 6.74. The van der Waals surface area contributed by atoms with Crippen molar-refractivity contribution in [1.82, 2.24) is 10.6 Å². The van der Waals surface area contributed by atoms with E-state index in [1.54, 1.807) is 6.92 Å². The van der Waals surface area contributed by atoms with Crippen LogP contribution in [0.15, 0.2) is 24.3 Å². The van der Waals surface area contributed by atoms with Gasteiger partial charge in [0.2, 0.25) is 5.91 Å². The maximum absolute atomic E-state index is 12.1. The van der Waals surface area contributed by atoms with E-state index in [0.717, 1.165) is 0 Å². The average molecular weight is 584 g/mol. The van der Waals surface area contributed by atoms with E-state index in [-0.39, 0.29) is 63.7 Å². The number of carbonyl (C=O) groups is 4. The largest absolute Gasteiger partial charge is 0.463 e. The molecule has 2 rings (SSSR count). The van der Waals surface area contributed by atoms with Gasteiger partial charge in [0.15, 0.2) is 6.29 Å². The molecule has 41 heavy (non-hydrogen) atoms. The summed E-state index contributed by atoms with van der Waals surface area (Å²) in [4.78, 5) is 57.0. The minimum Gasteiger partial charge on any atom is -0.463 e. The minimum atomic E-state index is -0.916. The fourth-order valence-electron chi connectivity index (χ4n) is 4.03. The first-order valence-electron chi connectivity index (χ1n) is 13.0. The Kier molecular flexibility index (Phi) is 14.1. The van der Waals surface area contributed by atoms with E-state index < -0.39 is 47.3 Å². The van der Waals surface area contributed by atoms with E-state index in [4.69, 9.17) is 28.4 Å². The number of ether oxygens (including phenoxy) is 6. The molecule has 2 N–H and O–H groups in total. The van der Waals surface area contributed by atoms with E-state index in [1.807, 2.05) is 0 Å². The van der Waals surface area contributed by atoms with Crippen molar-refractivity contribution in [1.29, 1.82) is 0 Å². The fourth-order valence-corrected chi connectivity index (χ4v) is 4.03. The molecular weight excluding hydrogens is 546 g/mol. The van der Waals surface area contributed by atoms with E-state index in [2.05, 4.69) is 10.6 Å². The van der Waals surface area contributed by atoms with Crippen LogP contribution in [-0.2, 0) is 42.8 Å². The van der Waals surface area contributed by atoms with Crippen molar-refractivity contribution < 1.29 is 52.5 Å². The van der Waals surface area contributed by atoms with Crippen LogP contribution >= 0.6 is 0 Å². The molecule has 228 valence electrons. The zero-order chi connectivity index (χ0) is 30.4. The number of nitro benzene ring substituents is 1. The summed E-state index contributed by atoms with van der Waals surface area (Å²) in [5.41, 5.74) is 0.204. The number of carbonyl (C=O) groups excluding carboxylic acids is 4. The molecule has 1 saturated heterocycles. The number of benzene rings is 1. The van der Waals surface area contributed by atoms with Crippen molar-refractivity contribution in [2.75, 3.05) is 46.2 Å². The number of hydrogen-bond donors (Lipinski definition) is 2. The second kappa shape index (κ2) is 17.2. The number of hydrogen-bond acceptors (Lipinski definition) is 12. The highest BCUT2D eigenvalue weighted by Crippen LogP contribution is 2.29. The Morgan fingerprint density at radius 3 is 2.17 bits per heavy atom. The molecule has 0 spiro atoms. The van der Waals surface area contributed by atoms with Gasteiger partial charge < -0.3 is 39.1 Å². The first-order valence-corrected chi connectivity index (χ1v) is 13.0. The second-order valence-electron chi connectivity index (χ2n) is 9.16. The number of esters is 2. The smallest absolute Gasteiger partial charge is 0.303 e. The molecular formula is C26H37N3O12. The molecule has 1 fully saturated rings. The SMILES string of the molecule is CC(=O)NC1[C@H](OCCOCCOCCNC(=O)c2ccc([N+](=O)[O-])cc2)OC(COC(C)=O)[C@H](OC(C)=O)[C@@H]1C. The molecule has 0 aliphatic carbocycles. The highest BCUT2D eigenvalue weighted by molar-refractivity contribution is 5.94. The molecule has 15 nitrogen and oxygen atoms in total. The first kappa shape index (κ1) is 33.5. The lowest BCUT2D eigenvalue weighted by atomic mass is 9.88. The molecule has 2 unspecified atom stereocenters. The topological polar surface area (TPSA) is 191 Å². The zero-order valence-electron chi connectivity index (χ0n) is 23.5. The van der Waals surface area contributed by atoms with Crippen molar-refractivity contribution >= 4 is 29.4 Å². The molecule has 5 atom stereocenters.